The summed E-state index contributed by atoms with van der Waals surface area (Å²) in [5, 5.41) is 13.6. The van der Waals surface area contributed by atoms with Crippen LogP contribution in [0.5, 0.6) is 11.6 Å². The van der Waals surface area contributed by atoms with E-state index in [0.29, 0.717) is 11.6 Å². The summed E-state index contributed by atoms with van der Waals surface area (Å²) < 4.78 is 6.58. The fourth-order valence-electron chi connectivity index (χ4n) is 1.40. The Hall–Kier alpha value is -1.90. The maximum absolute atomic E-state index is 10.8. The van der Waals surface area contributed by atoms with E-state index < -0.39 is 4.92 Å². The van der Waals surface area contributed by atoms with E-state index in [1.54, 1.807) is 19.2 Å². The first-order valence-electron chi connectivity index (χ1n) is 5.36. The van der Waals surface area contributed by atoms with Crippen LogP contribution in [-0.4, -0.2) is 17.0 Å². The molecule has 6 nitrogen and oxygen atoms in total. The van der Waals surface area contributed by atoms with Crippen molar-refractivity contribution in [2.24, 2.45) is 0 Å². The molecule has 1 N–H and O–H groups in total. The number of nitrogens with one attached hydrogen (secondary N) is 1. The Morgan fingerprint density at radius 1 is 1.32 bits per heavy atom. The quantitative estimate of drug-likeness (QED) is 0.506. The van der Waals surface area contributed by atoms with E-state index in [-0.39, 0.29) is 11.6 Å². The topological polar surface area (TPSA) is 77.3 Å². The smallest absolute Gasteiger partial charge is 0.278 e. The second-order valence-electron chi connectivity index (χ2n) is 3.61. The zero-order valence-electron chi connectivity index (χ0n) is 9.96. The molecule has 0 saturated carbocycles. The highest BCUT2D eigenvalue weighted by Gasteiger charge is 2.12. The van der Waals surface area contributed by atoms with Crippen molar-refractivity contribution in [1.82, 2.24) is 4.98 Å². The van der Waals surface area contributed by atoms with E-state index in [9.17, 15) is 10.1 Å². The number of nitrogens with zero attached hydrogens (tertiary/aromatic N) is 2. The van der Waals surface area contributed by atoms with E-state index in [2.05, 4.69) is 32.9 Å². The number of ether oxygens (including phenoxy) is 1. The summed E-state index contributed by atoms with van der Waals surface area (Å²) >= 11 is 2.18. The Morgan fingerprint density at radius 2 is 2.00 bits per heavy atom. The van der Waals surface area contributed by atoms with Crippen LogP contribution in [0.15, 0.2) is 36.4 Å². The number of rotatable bonds is 4. The van der Waals surface area contributed by atoms with E-state index in [0.717, 1.165) is 3.57 Å². The Morgan fingerprint density at radius 3 is 2.58 bits per heavy atom. The SMILES string of the molecule is CNc1cc([N+](=O)[O-])cc(Oc2ccc(I)cc2)n1. The van der Waals surface area contributed by atoms with Gasteiger partial charge in [0.1, 0.15) is 11.6 Å². The highest BCUT2D eigenvalue weighted by atomic mass is 127. The number of hydrogen-bond acceptors (Lipinski definition) is 5. The van der Waals surface area contributed by atoms with Gasteiger partial charge in [0.15, 0.2) is 0 Å². The molecule has 1 heterocycles. The zero-order chi connectivity index (χ0) is 13.8. The van der Waals surface area contributed by atoms with Crippen LogP contribution in [0.2, 0.25) is 0 Å². The third-order valence-corrected chi connectivity index (χ3v) is 3.01. The van der Waals surface area contributed by atoms with Crippen LogP contribution in [-0.2, 0) is 0 Å². The summed E-state index contributed by atoms with van der Waals surface area (Å²) in [5.74, 6) is 1.14. The molecule has 98 valence electrons. The fourth-order valence-corrected chi connectivity index (χ4v) is 1.76. The average Bonchev–Trinajstić information content (AvgIpc) is 2.41. The number of pyridine rings is 1. The number of hydrogen-bond donors (Lipinski definition) is 1. The lowest BCUT2D eigenvalue weighted by Crippen LogP contribution is -1.98. The molecular weight excluding hydrogens is 361 g/mol. The average molecular weight is 371 g/mol. The predicted molar refractivity (Wildman–Crippen MR) is 79.7 cm³/mol. The summed E-state index contributed by atoms with van der Waals surface area (Å²) in [6.07, 6.45) is 0. The van der Waals surface area contributed by atoms with Crippen molar-refractivity contribution in [3.05, 3.63) is 50.1 Å². The second kappa shape index (κ2) is 5.83. The van der Waals surface area contributed by atoms with Crippen molar-refractivity contribution in [2.75, 3.05) is 12.4 Å². The van der Waals surface area contributed by atoms with Gasteiger partial charge in [-0.05, 0) is 46.9 Å². The van der Waals surface area contributed by atoms with Gasteiger partial charge in [0.05, 0.1) is 17.1 Å². The van der Waals surface area contributed by atoms with Crippen LogP contribution in [0.25, 0.3) is 0 Å². The number of benzene rings is 1. The Labute approximate surface area is 123 Å². The molecule has 0 amide bonds. The summed E-state index contributed by atoms with van der Waals surface area (Å²) in [6.45, 7) is 0. The van der Waals surface area contributed by atoms with Gasteiger partial charge < -0.3 is 10.1 Å². The standard InChI is InChI=1S/C12H10IN3O3/c1-14-11-6-9(16(17)18)7-12(15-11)19-10-4-2-8(13)3-5-10/h2-7H,1H3,(H,14,15). The van der Waals surface area contributed by atoms with Crippen LogP contribution in [0.4, 0.5) is 11.5 Å². The first-order chi connectivity index (χ1) is 9.08. The molecular formula is C12H10IN3O3. The molecule has 1 aromatic carbocycles. The van der Waals surface area contributed by atoms with Crippen molar-refractivity contribution >= 4 is 34.1 Å². The molecule has 0 aliphatic carbocycles. The first kappa shape index (κ1) is 13.5. The normalized spacial score (nSPS) is 10.0. The number of aromatic nitrogens is 1. The van der Waals surface area contributed by atoms with Crippen molar-refractivity contribution < 1.29 is 9.66 Å². The van der Waals surface area contributed by atoms with Crippen LogP contribution in [0.1, 0.15) is 0 Å². The van der Waals surface area contributed by atoms with Crippen molar-refractivity contribution in [1.29, 1.82) is 0 Å². The molecule has 0 fully saturated rings. The molecule has 0 atom stereocenters. The monoisotopic (exact) mass is 371 g/mol. The number of nitro groups is 1. The fraction of sp³-hybridized carbons (Fsp3) is 0.0833. The van der Waals surface area contributed by atoms with Crippen molar-refractivity contribution in [3.8, 4) is 11.6 Å². The van der Waals surface area contributed by atoms with Crippen LogP contribution < -0.4 is 10.1 Å². The van der Waals surface area contributed by atoms with Gasteiger partial charge in [0, 0.05) is 10.6 Å². The molecule has 0 radical (unpaired) electrons. The number of anilines is 1. The number of halogens is 1. The minimum atomic E-state index is -0.483. The molecule has 7 heteroatoms. The second-order valence-corrected chi connectivity index (χ2v) is 4.86. The van der Waals surface area contributed by atoms with Crippen LogP contribution >= 0.6 is 22.6 Å². The van der Waals surface area contributed by atoms with Crippen molar-refractivity contribution in [2.45, 2.75) is 0 Å². The molecule has 1 aromatic heterocycles. The van der Waals surface area contributed by atoms with Crippen molar-refractivity contribution in [3.63, 3.8) is 0 Å². The highest BCUT2D eigenvalue weighted by Crippen LogP contribution is 2.26. The minimum Gasteiger partial charge on any atom is -0.439 e. The van der Waals surface area contributed by atoms with Gasteiger partial charge in [-0.15, -0.1) is 0 Å². The first-order valence-corrected chi connectivity index (χ1v) is 6.44. The highest BCUT2D eigenvalue weighted by molar-refractivity contribution is 14.1. The summed E-state index contributed by atoms with van der Waals surface area (Å²) in [5.41, 5.74) is -0.0696. The van der Waals surface area contributed by atoms with E-state index in [1.165, 1.54) is 12.1 Å². The summed E-state index contributed by atoms with van der Waals surface area (Å²) in [7, 11) is 1.64. The third kappa shape index (κ3) is 3.53. The van der Waals surface area contributed by atoms with E-state index in [1.807, 2.05) is 12.1 Å². The molecule has 0 saturated heterocycles. The van der Waals surface area contributed by atoms with E-state index in [4.69, 9.17) is 4.74 Å². The minimum absolute atomic E-state index is 0.0696. The summed E-state index contributed by atoms with van der Waals surface area (Å²) in [4.78, 5) is 14.4. The van der Waals surface area contributed by atoms with Gasteiger partial charge in [0.25, 0.3) is 5.69 Å². The van der Waals surface area contributed by atoms with Gasteiger partial charge in [0.2, 0.25) is 5.88 Å². The lowest BCUT2D eigenvalue weighted by Gasteiger charge is -2.06. The largest absolute Gasteiger partial charge is 0.439 e. The Kier molecular flexibility index (Phi) is 4.15. The molecule has 0 aliphatic heterocycles. The molecule has 2 aromatic rings. The predicted octanol–water partition coefficient (Wildman–Crippen LogP) is 3.43. The zero-order valence-corrected chi connectivity index (χ0v) is 12.1. The molecule has 0 bridgehead atoms. The van der Waals surface area contributed by atoms with E-state index >= 15 is 0 Å². The molecule has 0 aliphatic rings. The van der Waals surface area contributed by atoms with Crippen LogP contribution in [0.3, 0.4) is 0 Å². The maximum atomic E-state index is 10.8. The molecule has 0 spiro atoms. The Bertz CT molecular complexity index is 602. The summed E-state index contributed by atoms with van der Waals surface area (Å²) in [6, 6.07) is 9.96. The molecule has 19 heavy (non-hydrogen) atoms. The van der Waals surface area contributed by atoms with Gasteiger partial charge >= 0.3 is 0 Å². The van der Waals surface area contributed by atoms with Gasteiger partial charge in [-0.1, -0.05) is 0 Å². The lowest BCUT2D eigenvalue weighted by atomic mass is 10.3. The maximum Gasteiger partial charge on any atom is 0.278 e. The lowest BCUT2D eigenvalue weighted by molar-refractivity contribution is -0.384. The van der Waals surface area contributed by atoms with Gasteiger partial charge in [-0.25, -0.2) is 0 Å². The molecule has 0 unspecified atom stereocenters. The van der Waals surface area contributed by atoms with Crippen LogP contribution in [0, 0.1) is 13.7 Å². The van der Waals surface area contributed by atoms with Gasteiger partial charge in [-0.2, -0.15) is 4.98 Å². The Balaban J connectivity index is 2.31. The van der Waals surface area contributed by atoms with Gasteiger partial charge in [-0.3, -0.25) is 10.1 Å². The third-order valence-electron chi connectivity index (χ3n) is 2.29. The molecule has 2 rings (SSSR count).